The summed E-state index contributed by atoms with van der Waals surface area (Å²) in [6.07, 6.45) is 2.88. The van der Waals surface area contributed by atoms with E-state index in [9.17, 15) is 8.42 Å². The first-order valence-corrected chi connectivity index (χ1v) is 8.57. The fourth-order valence-corrected chi connectivity index (χ4v) is 4.29. The molecule has 0 radical (unpaired) electrons. The minimum absolute atomic E-state index is 0.371. The minimum atomic E-state index is -2.71. The second-order valence-electron chi connectivity index (χ2n) is 5.38. The third-order valence-corrected chi connectivity index (χ3v) is 5.78. The van der Waals surface area contributed by atoms with Crippen LogP contribution < -0.4 is 5.32 Å². The van der Waals surface area contributed by atoms with E-state index in [-0.39, 0.29) is 0 Å². The van der Waals surface area contributed by atoms with Crippen molar-refractivity contribution < 1.29 is 8.42 Å². The van der Waals surface area contributed by atoms with Gasteiger partial charge in [-0.05, 0) is 44.8 Å². The molecule has 2 heterocycles. The molecule has 0 bridgehead atoms. The molecule has 1 unspecified atom stereocenters. The van der Waals surface area contributed by atoms with E-state index in [2.05, 4.69) is 17.1 Å². The van der Waals surface area contributed by atoms with Crippen LogP contribution in [0.4, 0.5) is 0 Å². The van der Waals surface area contributed by atoms with Crippen LogP contribution in [-0.2, 0) is 9.84 Å². The summed E-state index contributed by atoms with van der Waals surface area (Å²) in [4.78, 5) is 2.48. The Hall–Kier alpha value is -0.130. The molecule has 17 heavy (non-hydrogen) atoms. The van der Waals surface area contributed by atoms with Gasteiger partial charge in [-0.3, -0.25) is 0 Å². The Labute approximate surface area is 105 Å². The molecule has 2 aliphatic heterocycles. The monoisotopic (exact) mass is 260 g/mol. The average molecular weight is 260 g/mol. The third kappa shape index (κ3) is 3.93. The third-order valence-electron chi connectivity index (χ3n) is 4.07. The molecule has 2 saturated heterocycles. The van der Waals surface area contributed by atoms with Gasteiger partial charge in [0.1, 0.15) is 9.84 Å². The van der Waals surface area contributed by atoms with Crippen LogP contribution >= 0.6 is 0 Å². The van der Waals surface area contributed by atoms with Crippen LogP contribution in [0.1, 0.15) is 26.2 Å². The molecule has 0 aliphatic carbocycles. The topological polar surface area (TPSA) is 49.4 Å². The second-order valence-corrected chi connectivity index (χ2v) is 7.69. The normalized spacial score (nSPS) is 30.8. The van der Waals surface area contributed by atoms with Crippen LogP contribution in [0.15, 0.2) is 0 Å². The quantitative estimate of drug-likeness (QED) is 0.799. The molecule has 0 aromatic heterocycles. The predicted molar refractivity (Wildman–Crippen MR) is 69.9 cm³/mol. The van der Waals surface area contributed by atoms with Crippen molar-refractivity contribution in [3.05, 3.63) is 0 Å². The van der Waals surface area contributed by atoms with E-state index < -0.39 is 9.84 Å². The summed E-state index contributed by atoms with van der Waals surface area (Å²) in [6, 6.07) is 0.425. The van der Waals surface area contributed by atoms with Gasteiger partial charge in [0.2, 0.25) is 0 Å². The van der Waals surface area contributed by atoms with Crippen LogP contribution in [0, 0.1) is 5.92 Å². The Morgan fingerprint density at radius 2 is 1.94 bits per heavy atom. The van der Waals surface area contributed by atoms with Crippen LogP contribution in [0.3, 0.4) is 0 Å². The molecule has 2 fully saturated rings. The number of hydrogen-bond acceptors (Lipinski definition) is 4. The van der Waals surface area contributed by atoms with E-state index in [1.54, 1.807) is 0 Å². The molecule has 5 heteroatoms. The van der Waals surface area contributed by atoms with Gasteiger partial charge in [-0.15, -0.1) is 0 Å². The predicted octanol–water partition coefficient (Wildman–Crippen LogP) is 0.495. The highest BCUT2D eigenvalue weighted by Gasteiger charge is 2.25. The molecule has 2 aliphatic rings. The number of likely N-dealkylation sites (tertiary alicyclic amines) is 1. The zero-order valence-corrected chi connectivity index (χ0v) is 11.5. The first-order valence-electron chi connectivity index (χ1n) is 6.75. The lowest BCUT2D eigenvalue weighted by Gasteiger charge is -2.24. The van der Waals surface area contributed by atoms with E-state index in [1.165, 1.54) is 19.5 Å². The van der Waals surface area contributed by atoms with Gasteiger partial charge >= 0.3 is 0 Å². The molecule has 100 valence electrons. The van der Waals surface area contributed by atoms with Gasteiger partial charge in [-0.1, -0.05) is 6.92 Å². The first kappa shape index (κ1) is 13.3. The van der Waals surface area contributed by atoms with Gasteiger partial charge in [0.05, 0.1) is 11.5 Å². The SMILES string of the molecule is CCN1CCC(CNC2CCS(=O)(=O)CC2)C1. The van der Waals surface area contributed by atoms with Crippen LogP contribution in [0.5, 0.6) is 0 Å². The lowest BCUT2D eigenvalue weighted by molar-refractivity contribution is 0.332. The summed E-state index contributed by atoms with van der Waals surface area (Å²) in [5.41, 5.74) is 0. The second kappa shape index (κ2) is 5.67. The average Bonchev–Trinajstić information content (AvgIpc) is 2.75. The van der Waals surface area contributed by atoms with Gasteiger partial charge < -0.3 is 10.2 Å². The van der Waals surface area contributed by atoms with Crippen LogP contribution in [0.25, 0.3) is 0 Å². The van der Waals surface area contributed by atoms with E-state index in [4.69, 9.17) is 0 Å². The summed E-state index contributed by atoms with van der Waals surface area (Å²) >= 11 is 0. The molecular formula is C12H24N2O2S. The molecule has 0 aromatic carbocycles. The maximum absolute atomic E-state index is 11.3. The van der Waals surface area contributed by atoms with Crippen LogP contribution in [0.2, 0.25) is 0 Å². The van der Waals surface area contributed by atoms with Crippen molar-refractivity contribution in [2.24, 2.45) is 5.92 Å². The molecular weight excluding hydrogens is 236 g/mol. The van der Waals surface area contributed by atoms with Crippen LogP contribution in [-0.4, -0.2) is 57.0 Å². The minimum Gasteiger partial charge on any atom is -0.314 e. The standard InChI is InChI=1S/C12H24N2O2S/c1-2-14-6-3-11(10-14)9-13-12-4-7-17(15,16)8-5-12/h11-13H,2-10H2,1H3. The van der Waals surface area contributed by atoms with Gasteiger partial charge in [-0.2, -0.15) is 0 Å². The van der Waals surface area contributed by atoms with Crippen molar-refractivity contribution in [1.82, 2.24) is 10.2 Å². The van der Waals surface area contributed by atoms with E-state index in [0.29, 0.717) is 17.5 Å². The highest BCUT2D eigenvalue weighted by molar-refractivity contribution is 7.91. The van der Waals surface area contributed by atoms with Gasteiger partial charge in [0, 0.05) is 12.6 Å². The van der Waals surface area contributed by atoms with E-state index in [0.717, 1.165) is 31.8 Å². The fourth-order valence-electron chi connectivity index (χ4n) is 2.79. The zero-order valence-electron chi connectivity index (χ0n) is 10.7. The molecule has 4 nitrogen and oxygen atoms in total. The summed E-state index contributed by atoms with van der Waals surface area (Å²) in [5, 5.41) is 3.55. The molecule has 0 spiro atoms. The number of nitrogens with zero attached hydrogens (tertiary/aromatic N) is 1. The summed E-state index contributed by atoms with van der Waals surface area (Å²) < 4.78 is 22.6. The first-order chi connectivity index (χ1) is 8.09. The van der Waals surface area contributed by atoms with Crippen molar-refractivity contribution >= 4 is 9.84 Å². The number of hydrogen-bond donors (Lipinski definition) is 1. The number of nitrogens with one attached hydrogen (secondary N) is 1. The maximum atomic E-state index is 11.3. The Kier molecular flexibility index (Phi) is 4.44. The molecule has 0 saturated carbocycles. The van der Waals surface area contributed by atoms with E-state index >= 15 is 0 Å². The highest BCUT2D eigenvalue weighted by atomic mass is 32.2. The molecule has 0 aromatic rings. The lowest BCUT2D eigenvalue weighted by Crippen LogP contribution is -2.40. The summed E-state index contributed by atoms with van der Waals surface area (Å²) in [5.74, 6) is 1.50. The highest BCUT2D eigenvalue weighted by Crippen LogP contribution is 2.17. The Morgan fingerprint density at radius 1 is 1.24 bits per heavy atom. The van der Waals surface area contributed by atoms with Crippen molar-refractivity contribution in [3.63, 3.8) is 0 Å². The van der Waals surface area contributed by atoms with E-state index in [1.807, 2.05) is 0 Å². The fraction of sp³-hybridized carbons (Fsp3) is 1.00. The smallest absolute Gasteiger partial charge is 0.150 e. The van der Waals surface area contributed by atoms with Crippen molar-refractivity contribution in [2.45, 2.75) is 32.2 Å². The summed E-state index contributed by atoms with van der Waals surface area (Å²) in [6.45, 7) is 6.84. The largest absolute Gasteiger partial charge is 0.314 e. The molecule has 0 amide bonds. The van der Waals surface area contributed by atoms with Crippen molar-refractivity contribution in [2.75, 3.05) is 37.7 Å². The number of sulfone groups is 1. The zero-order chi connectivity index (χ0) is 12.3. The van der Waals surface area contributed by atoms with Gasteiger partial charge in [-0.25, -0.2) is 8.42 Å². The Bertz CT molecular complexity index is 328. The number of rotatable bonds is 4. The lowest BCUT2D eigenvalue weighted by atomic mass is 10.1. The van der Waals surface area contributed by atoms with Gasteiger partial charge in [0.15, 0.2) is 0 Å². The molecule has 1 N–H and O–H groups in total. The Balaban J connectivity index is 1.66. The maximum Gasteiger partial charge on any atom is 0.150 e. The molecule has 2 rings (SSSR count). The van der Waals surface area contributed by atoms with Crippen molar-refractivity contribution in [3.8, 4) is 0 Å². The van der Waals surface area contributed by atoms with Gasteiger partial charge in [0.25, 0.3) is 0 Å². The Morgan fingerprint density at radius 3 is 2.53 bits per heavy atom. The molecule has 1 atom stereocenters. The van der Waals surface area contributed by atoms with Crippen molar-refractivity contribution in [1.29, 1.82) is 0 Å². The summed E-state index contributed by atoms with van der Waals surface area (Å²) in [7, 11) is -2.71.